The van der Waals surface area contributed by atoms with Crippen LogP contribution in [0.15, 0.2) is 17.8 Å². The number of fused-ring (bicyclic) bond motifs is 1. The standard InChI is InChI=1S/C14H18N2OS/c1-2-14-15-11(9-18-14)7-16-6-10-4-3-5-13(17)12(10)8-16/h6,8-9,13,17H,2-5,7H2,1H3. The fourth-order valence-corrected chi connectivity index (χ4v) is 3.32. The van der Waals surface area contributed by atoms with Gasteiger partial charge in [-0.3, -0.25) is 0 Å². The van der Waals surface area contributed by atoms with Crippen LogP contribution in [0.4, 0.5) is 0 Å². The van der Waals surface area contributed by atoms with Crippen molar-refractivity contribution in [3.63, 3.8) is 0 Å². The van der Waals surface area contributed by atoms with Crippen LogP contribution < -0.4 is 0 Å². The second-order valence-electron chi connectivity index (χ2n) is 4.91. The van der Waals surface area contributed by atoms with Crippen molar-refractivity contribution >= 4 is 11.3 Å². The molecule has 1 N–H and O–H groups in total. The van der Waals surface area contributed by atoms with Gasteiger partial charge in [-0.1, -0.05) is 6.92 Å². The highest BCUT2D eigenvalue weighted by Gasteiger charge is 2.19. The maximum absolute atomic E-state index is 9.96. The molecule has 0 saturated carbocycles. The number of hydrogen-bond donors (Lipinski definition) is 1. The van der Waals surface area contributed by atoms with Crippen molar-refractivity contribution in [3.8, 4) is 0 Å². The summed E-state index contributed by atoms with van der Waals surface area (Å²) in [7, 11) is 0. The van der Waals surface area contributed by atoms with Gasteiger partial charge in [0.15, 0.2) is 0 Å². The van der Waals surface area contributed by atoms with Crippen LogP contribution in [-0.4, -0.2) is 14.7 Å². The molecule has 0 aliphatic heterocycles. The molecule has 0 radical (unpaired) electrons. The number of nitrogens with zero attached hydrogens (tertiary/aromatic N) is 2. The summed E-state index contributed by atoms with van der Waals surface area (Å²) in [6.45, 7) is 2.95. The highest BCUT2D eigenvalue weighted by Crippen LogP contribution is 2.30. The van der Waals surface area contributed by atoms with Crippen molar-refractivity contribution in [1.82, 2.24) is 9.55 Å². The average Bonchev–Trinajstić information content (AvgIpc) is 2.96. The Balaban J connectivity index is 1.81. The third-order valence-corrected chi connectivity index (χ3v) is 4.57. The van der Waals surface area contributed by atoms with Crippen LogP contribution in [0.3, 0.4) is 0 Å². The van der Waals surface area contributed by atoms with Crippen LogP contribution in [0.1, 0.15) is 47.7 Å². The summed E-state index contributed by atoms with van der Waals surface area (Å²) in [6.07, 6.45) is 8.08. The van der Waals surface area contributed by atoms with Crippen molar-refractivity contribution in [2.45, 2.75) is 45.3 Å². The first kappa shape index (κ1) is 11.9. The molecule has 0 amide bonds. The molecular weight excluding hydrogens is 244 g/mol. The van der Waals surface area contributed by atoms with E-state index in [0.717, 1.165) is 43.5 Å². The zero-order valence-electron chi connectivity index (χ0n) is 10.6. The van der Waals surface area contributed by atoms with E-state index in [0.29, 0.717) is 0 Å². The average molecular weight is 262 g/mol. The Kier molecular flexibility index (Phi) is 3.22. The first-order chi connectivity index (χ1) is 8.76. The summed E-state index contributed by atoms with van der Waals surface area (Å²) >= 11 is 1.73. The smallest absolute Gasteiger partial charge is 0.0926 e. The summed E-state index contributed by atoms with van der Waals surface area (Å²) < 4.78 is 2.16. The molecule has 3 nitrogen and oxygen atoms in total. The zero-order valence-corrected chi connectivity index (χ0v) is 11.4. The highest BCUT2D eigenvalue weighted by atomic mass is 32.1. The van der Waals surface area contributed by atoms with Crippen LogP contribution in [0.5, 0.6) is 0 Å². The quantitative estimate of drug-likeness (QED) is 0.923. The third-order valence-electron chi connectivity index (χ3n) is 3.53. The minimum Gasteiger partial charge on any atom is -0.388 e. The van der Waals surface area contributed by atoms with Gasteiger partial charge in [-0.2, -0.15) is 0 Å². The van der Waals surface area contributed by atoms with Gasteiger partial charge in [0.25, 0.3) is 0 Å². The molecule has 96 valence electrons. The predicted molar refractivity (Wildman–Crippen MR) is 72.9 cm³/mol. The molecule has 1 aliphatic rings. The molecule has 2 aromatic heterocycles. The summed E-state index contributed by atoms with van der Waals surface area (Å²) in [4.78, 5) is 4.58. The van der Waals surface area contributed by atoms with Gasteiger partial charge in [0.05, 0.1) is 23.4 Å². The van der Waals surface area contributed by atoms with Crippen molar-refractivity contribution in [2.75, 3.05) is 0 Å². The normalized spacial score (nSPS) is 18.9. The number of rotatable bonds is 3. The molecule has 0 saturated heterocycles. The molecule has 2 aromatic rings. The molecule has 4 heteroatoms. The Morgan fingerprint density at radius 1 is 1.50 bits per heavy atom. The molecule has 0 spiro atoms. The summed E-state index contributed by atoms with van der Waals surface area (Å²) in [6, 6.07) is 0. The molecule has 0 bridgehead atoms. The molecule has 3 rings (SSSR count). The zero-order chi connectivity index (χ0) is 12.5. The molecule has 1 atom stereocenters. The van der Waals surface area contributed by atoms with Crippen molar-refractivity contribution in [2.24, 2.45) is 0 Å². The van der Waals surface area contributed by atoms with Gasteiger partial charge in [0.2, 0.25) is 0 Å². The molecule has 0 aromatic carbocycles. The lowest BCUT2D eigenvalue weighted by molar-refractivity contribution is 0.157. The Hall–Kier alpha value is -1.13. The van der Waals surface area contributed by atoms with E-state index in [4.69, 9.17) is 0 Å². The lowest BCUT2D eigenvalue weighted by atomic mass is 9.93. The predicted octanol–water partition coefficient (Wildman–Crippen LogP) is 2.93. The van der Waals surface area contributed by atoms with Gasteiger partial charge in [-0.15, -0.1) is 11.3 Å². The summed E-state index contributed by atoms with van der Waals surface area (Å²) in [5.74, 6) is 0. The van der Waals surface area contributed by atoms with Crippen molar-refractivity contribution < 1.29 is 5.11 Å². The number of aromatic nitrogens is 2. The molecule has 18 heavy (non-hydrogen) atoms. The molecule has 1 aliphatic carbocycles. The third kappa shape index (κ3) is 2.22. The number of hydrogen-bond acceptors (Lipinski definition) is 3. The second kappa shape index (κ2) is 4.86. The molecular formula is C14H18N2OS. The van der Waals surface area contributed by atoms with E-state index in [9.17, 15) is 5.11 Å². The number of aryl methyl sites for hydroxylation is 2. The molecule has 2 heterocycles. The number of thiazole rings is 1. The maximum Gasteiger partial charge on any atom is 0.0926 e. The second-order valence-corrected chi connectivity index (χ2v) is 5.85. The van der Waals surface area contributed by atoms with E-state index >= 15 is 0 Å². The van der Waals surface area contributed by atoms with Gasteiger partial charge in [-0.25, -0.2) is 4.98 Å². The van der Waals surface area contributed by atoms with E-state index in [-0.39, 0.29) is 6.10 Å². The summed E-state index contributed by atoms with van der Waals surface area (Å²) in [5.41, 5.74) is 3.55. The molecule has 1 unspecified atom stereocenters. The fraction of sp³-hybridized carbons (Fsp3) is 0.500. The van der Waals surface area contributed by atoms with Crippen LogP contribution in [0.25, 0.3) is 0 Å². The lowest BCUT2D eigenvalue weighted by Gasteiger charge is -2.16. The van der Waals surface area contributed by atoms with Crippen molar-refractivity contribution in [3.05, 3.63) is 39.6 Å². The SMILES string of the molecule is CCc1nc(Cn2cc3c(c2)C(O)CCC3)cs1. The van der Waals surface area contributed by atoms with Gasteiger partial charge < -0.3 is 9.67 Å². The van der Waals surface area contributed by atoms with Gasteiger partial charge >= 0.3 is 0 Å². The first-order valence-corrected chi connectivity index (χ1v) is 7.44. The Morgan fingerprint density at radius 2 is 2.39 bits per heavy atom. The van der Waals surface area contributed by atoms with Crippen LogP contribution in [0.2, 0.25) is 0 Å². The van der Waals surface area contributed by atoms with Crippen LogP contribution in [-0.2, 0) is 19.4 Å². The van der Waals surface area contributed by atoms with E-state index < -0.39 is 0 Å². The number of aliphatic hydroxyl groups is 1. The lowest BCUT2D eigenvalue weighted by Crippen LogP contribution is -2.05. The first-order valence-electron chi connectivity index (χ1n) is 6.56. The van der Waals surface area contributed by atoms with Crippen LogP contribution >= 0.6 is 11.3 Å². The maximum atomic E-state index is 9.96. The van der Waals surface area contributed by atoms with Gasteiger partial charge in [0, 0.05) is 23.3 Å². The fourth-order valence-electron chi connectivity index (χ4n) is 2.59. The topological polar surface area (TPSA) is 38.0 Å². The highest BCUT2D eigenvalue weighted by molar-refractivity contribution is 7.09. The Morgan fingerprint density at radius 3 is 3.11 bits per heavy atom. The van der Waals surface area contributed by atoms with E-state index in [1.165, 1.54) is 10.6 Å². The molecule has 0 fully saturated rings. The van der Waals surface area contributed by atoms with Gasteiger partial charge in [-0.05, 0) is 31.2 Å². The Bertz CT molecular complexity index is 544. The largest absolute Gasteiger partial charge is 0.388 e. The Labute approximate surface area is 111 Å². The summed E-state index contributed by atoms with van der Waals surface area (Å²) in [5, 5.41) is 13.3. The number of aliphatic hydroxyl groups excluding tert-OH is 1. The van der Waals surface area contributed by atoms with Gasteiger partial charge in [0.1, 0.15) is 0 Å². The van der Waals surface area contributed by atoms with E-state index in [2.05, 4.69) is 34.2 Å². The minimum atomic E-state index is -0.267. The monoisotopic (exact) mass is 262 g/mol. The van der Waals surface area contributed by atoms with Crippen LogP contribution in [0, 0.1) is 0 Å². The van der Waals surface area contributed by atoms with E-state index in [1.807, 2.05) is 0 Å². The van der Waals surface area contributed by atoms with E-state index in [1.54, 1.807) is 11.3 Å². The minimum absolute atomic E-state index is 0.267. The van der Waals surface area contributed by atoms with Crippen molar-refractivity contribution in [1.29, 1.82) is 0 Å².